The molecule has 2 nitrogen and oxygen atoms in total. The maximum Gasteiger partial charge on any atom is 0.417 e. The van der Waals surface area contributed by atoms with Crippen LogP contribution in [0, 0.1) is 18.3 Å². The minimum Gasteiger partial charge on any atom is -0.358 e. The van der Waals surface area contributed by atoms with Gasteiger partial charge < -0.3 is 4.90 Å². The molecule has 0 N–H and O–H groups in total. The lowest BCUT2D eigenvalue weighted by molar-refractivity contribution is -0.137. The highest BCUT2D eigenvalue weighted by molar-refractivity contribution is 5.55. The van der Waals surface area contributed by atoms with E-state index in [1.807, 2.05) is 0 Å². The van der Waals surface area contributed by atoms with Gasteiger partial charge in [-0.15, -0.1) is 0 Å². The maximum atomic E-state index is 13.1. The van der Waals surface area contributed by atoms with Crippen molar-refractivity contribution in [3.05, 3.63) is 64.7 Å². The Morgan fingerprint density at radius 2 is 1.65 bits per heavy atom. The van der Waals surface area contributed by atoms with Crippen molar-refractivity contribution in [1.29, 1.82) is 5.26 Å². The van der Waals surface area contributed by atoms with Gasteiger partial charge in [-0.25, -0.2) is 0 Å². The van der Waals surface area contributed by atoms with Gasteiger partial charge in [-0.3, -0.25) is 0 Å². The summed E-state index contributed by atoms with van der Waals surface area (Å²) in [5.74, 6) is 0. The first-order valence-corrected chi connectivity index (χ1v) is 7.49. The predicted molar refractivity (Wildman–Crippen MR) is 84.4 cm³/mol. The van der Waals surface area contributed by atoms with Crippen LogP contribution in [-0.2, 0) is 12.7 Å². The van der Waals surface area contributed by atoms with E-state index in [-0.39, 0.29) is 12.2 Å². The fraction of sp³-hybridized carbons (Fsp3) is 0.278. The molecule has 0 bridgehead atoms. The third kappa shape index (κ3) is 4.91. The molecule has 0 saturated carbocycles. The van der Waals surface area contributed by atoms with Gasteiger partial charge in [0.05, 0.1) is 17.2 Å². The fourth-order valence-corrected chi connectivity index (χ4v) is 2.51. The SMILES string of the molecule is Cc1ccccc1CN(CC(F)(F)F)c1ccc(C#N)c(C(F)(F)F)c1. The van der Waals surface area contributed by atoms with E-state index >= 15 is 0 Å². The van der Waals surface area contributed by atoms with Gasteiger partial charge in [0.25, 0.3) is 0 Å². The highest BCUT2D eigenvalue weighted by atomic mass is 19.4. The average Bonchev–Trinajstić information content (AvgIpc) is 2.53. The number of hydrogen-bond donors (Lipinski definition) is 0. The number of nitrogens with zero attached hydrogens (tertiary/aromatic N) is 2. The van der Waals surface area contributed by atoms with Crippen LogP contribution in [0.3, 0.4) is 0 Å². The van der Waals surface area contributed by atoms with E-state index in [9.17, 15) is 26.3 Å². The van der Waals surface area contributed by atoms with Crippen LogP contribution in [0.5, 0.6) is 0 Å². The van der Waals surface area contributed by atoms with Crippen LogP contribution >= 0.6 is 0 Å². The third-order valence-electron chi connectivity index (χ3n) is 3.79. The molecule has 0 aliphatic carbocycles. The van der Waals surface area contributed by atoms with Gasteiger partial charge in [0.2, 0.25) is 0 Å². The number of aryl methyl sites for hydroxylation is 1. The molecule has 0 amide bonds. The van der Waals surface area contributed by atoms with Crippen molar-refractivity contribution in [2.24, 2.45) is 0 Å². The Kier molecular flexibility index (Phi) is 5.50. The number of rotatable bonds is 4. The highest BCUT2D eigenvalue weighted by Crippen LogP contribution is 2.35. The summed E-state index contributed by atoms with van der Waals surface area (Å²) in [6.07, 6.45) is -9.44. The molecule has 0 aromatic heterocycles. The number of nitriles is 1. The molecule has 0 aliphatic heterocycles. The molecule has 0 unspecified atom stereocenters. The molecule has 0 aliphatic rings. The fourth-order valence-electron chi connectivity index (χ4n) is 2.51. The average molecular weight is 372 g/mol. The second kappa shape index (κ2) is 7.28. The molecule has 0 saturated heterocycles. The number of halogens is 6. The van der Waals surface area contributed by atoms with E-state index in [0.717, 1.165) is 22.6 Å². The van der Waals surface area contributed by atoms with Gasteiger partial charge in [0.1, 0.15) is 6.54 Å². The minimum atomic E-state index is -4.84. The van der Waals surface area contributed by atoms with E-state index in [1.165, 1.54) is 6.07 Å². The summed E-state index contributed by atoms with van der Waals surface area (Å²) >= 11 is 0. The summed E-state index contributed by atoms with van der Waals surface area (Å²) in [6, 6.07) is 10.7. The van der Waals surface area contributed by atoms with Crippen molar-refractivity contribution in [2.45, 2.75) is 25.8 Å². The lowest BCUT2D eigenvalue weighted by Gasteiger charge is -2.27. The summed E-state index contributed by atoms with van der Waals surface area (Å²) < 4.78 is 78.2. The van der Waals surface area contributed by atoms with Crippen molar-refractivity contribution < 1.29 is 26.3 Å². The van der Waals surface area contributed by atoms with Crippen molar-refractivity contribution in [1.82, 2.24) is 0 Å². The number of alkyl halides is 6. The third-order valence-corrected chi connectivity index (χ3v) is 3.79. The molecule has 0 atom stereocenters. The quantitative estimate of drug-likeness (QED) is 0.667. The molecule has 8 heteroatoms. The Bertz CT molecular complexity index is 818. The molecular formula is C18H14F6N2. The second-order valence-electron chi connectivity index (χ2n) is 5.74. The summed E-state index contributed by atoms with van der Waals surface area (Å²) in [5.41, 5.74) is -0.852. The molecule has 26 heavy (non-hydrogen) atoms. The molecule has 0 heterocycles. The van der Waals surface area contributed by atoms with Gasteiger partial charge >= 0.3 is 12.4 Å². The lowest BCUT2D eigenvalue weighted by atomic mass is 10.0. The maximum absolute atomic E-state index is 13.1. The van der Waals surface area contributed by atoms with E-state index in [4.69, 9.17) is 5.26 Å². The normalized spacial score (nSPS) is 11.9. The minimum absolute atomic E-state index is 0.213. The Labute approximate surface area is 146 Å². The molecule has 0 spiro atoms. The summed E-state index contributed by atoms with van der Waals surface area (Å²) in [4.78, 5) is 0.818. The van der Waals surface area contributed by atoms with Gasteiger partial charge in [-0.2, -0.15) is 31.6 Å². The Morgan fingerprint density at radius 1 is 1.00 bits per heavy atom. The van der Waals surface area contributed by atoms with Gasteiger partial charge in [0.15, 0.2) is 0 Å². The molecule has 138 valence electrons. The van der Waals surface area contributed by atoms with Crippen LogP contribution < -0.4 is 4.90 Å². The first-order chi connectivity index (χ1) is 12.0. The zero-order valence-electron chi connectivity index (χ0n) is 13.6. The molecule has 0 fully saturated rings. The zero-order chi connectivity index (χ0) is 19.5. The highest BCUT2D eigenvalue weighted by Gasteiger charge is 2.36. The van der Waals surface area contributed by atoms with Crippen molar-refractivity contribution >= 4 is 5.69 Å². The van der Waals surface area contributed by atoms with Gasteiger partial charge in [0, 0.05) is 12.2 Å². The van der Waals surface area contributed by atoms with Crippen LogP contribution in [0.2, 0.25) is 0 Å². The van der Waals surface area contributed by atoms with E-state index in [2.05, 4.69) is 0 Å². The van der Waals surface area contributed by atoms with Gasteiger partial charge in [-0.05, 0) is 36.2 Å². The standard InChI is InChI=1S/C18H14F6N2/c1-12-4-2-3-5-14(12)10-26(11-17(19,20)21)15-7-6-13(9-25)16(8-15)18(22,23)24/h2-8H,10-11H2,1H3. The molecular weight excluding hydrogens is 358 g/mol. The van der Waals surface area contributed by atoms with Crippen molar-refractivity contribution in [2.75, 3.05) is 11.4 Å². The summed E-state index contributed by atoms with van der Waals surface area (Å²) in [6.45, 7) is 0.0843. The van der Waals surface area contributed by atoms with Crippen molar-refractivity contribution in [3.8, 4) is 6.07 Å². The van der Waals surface area contributed by atoms with Crippen LogP contribution in [0.25, 0.3) is 0 Å². The molecule has 2 rings (SSSR count). The monoisotopic (exact) mass is 372 g/mol. The van der Waals surface area contributed by atoms with E-state index < -0.39 is 30.0 Å². The van der Waals surface area contributed by atoms with Crippen LogP contribution in [-0.4, -0.2) is 12.7 Å². The van der Waals surface area contributed by atoms with Crippen molar-refractivity contribution in [3.63, 3.8) is 0 Å². The molecule has 2 aromatic rings. The van der Waals surface area contributed by atoms with E-state index in [1.54, 1.807) is 31.2 Å². The number of hydrogen-bond acceptors (Lipinski definition) is 2. The Morgan fingerprint density at radius 3 is 2.19 bits per heavy atom. The topological polar surface area (TPSA) is 27.0 Å². The number of benzene rings is 2. The predicted octanol–water partition coefficient (Wildman–Crippen LogP) is 5.45. The van der Waals surface area contributed by atoms with Crippen LogP contribution in [0.15, 0.2) is 42.5 Å². The van der Waals surface area contributed by atoms with Crippen LogP contribution in [0.1, 0.15) is 22.3 Å². The van der Waals surface area contributed by atoms with Gasteiger partial charge in [-0.1, -0.05) is 24.3 Å². The number of anilines is 1. The second-order valence-corrected chi connectivity index (χ2v) is 5.74. The first kappa shape index (κ1) is 19.6. The summed E-state index contributed by atoms with van der Waals surface area (Å²) in [5, 5.41) is 8.83. The molecule has 2 aromatic carbocycles. The first-order valence-electron chi connectivity index (χ1n) is 7.49. The molecule has 0 radical (unpaired) electrons. The smallest absolute Gasteiger partial charge is 0.358 e. The Hall–Kier alpha value is -2.69. The largest absolute Gasteiger partial charge is 0.417 e. The summed E-state index contributed by atoms with van der Waals surface area (Å²) in [7, 11) is 0. The van der Waals surface area contributed by atoms with E-state index in [0.29, 0.717) is 11.6 Å². The lowest BCUT2D eigenvalue weighted by Crippen LogP contribution is -2.34. The van der Waals surface area contributed by atoms with Crippen LogP contribution in [0.4, 0.5) is 32.0 Å². The Balaban J connectivity index is 2.49. The zero-order valence-corrected chi connectivity index (χ0v) is 13.6.